The molecule has 1 unspecified atom stereocenters. The molecular weight excluding hydrogens is 246 g/mol. The van der Waals surface area contributed by atoms with Gasteiger partial charge in [-0.15, -0.1) is 11.8 Å². The molecule has 0 saturated carbocycles. The van der Waals surface area contributed by atoms with Crippen molar-refractivity contribution in [1.82, 2.24) is 0 Å². The van der Waals surface area contributed by atoms with Crippen LogP contribution in [0.25, 0.3) is 0 Å². The van der Waals surface area contributed by atoms with Gasteiger partial charge in [-0.3, -0.25) is 4.79 Å². The van der Waals surface area contributed by atoms with Gasteiger partial charge in [0.2, 0.25) is 0 Å². The maximum absolute atomic E-state index is 10.5. The minimum absolute atomic E-state index is 0.188. The number of carboxylic acids is 1. The number of halogens is 1. The van der Waals surface area contributed by atoms with Gasteiger partial charge in [-0.25, -0.2) is 0 Å². The van der Waals surface area contributed by atoms with Crippen LogP contribution in [0.2, 0.25) is 5.02 Å². The lowest BCUT2D eigenvalue weighted by Gasteiger charge is -2.26. The van der Waals surface area contributed by atoms with E-state index in [0.29, 0.717) is 11.4 Å². The molecule has 0 saturated heterocycles. The Labute approximate surface area is 103 Å². The summed E-state index contributed by atoms with van der Waals surface area (Å²) in [5.74, 6) is 0.137. The summed E-state index contributed by atoms with van der Waals surface area (Å²) in [6.07, 6.45) is 0.824. The highest BCUT2D eigenvalue weighted by atomic mass is 35.5. The van der Waals surface area contributed by atoms with Gasteiger partial charge in [0.1, 0.15) is 0 Å². The first kappa shape index (κ1) is 11.6. The Kier molecular flexibility index (Phi) is 3.61. The molecule has 0 aromatic heterocycles. The maximum atomic E-state index is 10.5. The molecule has 1 atom stereocenters. The van der Waals surface area contributed by atoms with E-state index in [9.17, 15) is 4.79 Å². The summed E-state index contributed by atoms with van der Waals surface area (Å²) in [4.78, 5) is 11.6. The molecule has 0 aliphatic carbocycles. The van der Waals surface area contributed by atoms with Crippen molar-refractivity contribution in [3.05, 3.63) is 23.2 Å². The Morgan fingerprint density at radius 2 is 2.44 bits per heavy atom. The van der Waals surface area contributed by atoms with Gasteiger partial charge < -0.3 is 10.4 Å². The molecule has 0 amide bonds. The molecule has 2 N–H and O–H groups in total. The van der Waals surface area contributed by atoms with Crippen molar-refractivity contribution < 1.29 is 9.90 Å². The van der Waals surface area contributed by atoms with Crippen LogP contribution in [0.3, 0.4) is 0 Å². The summed E-state index contributed by atoms with van der Waals surface area (Å²) in [6.45, 7) is 0. The Balaban J connectivity index is 2.05. The van der Waals surface area contributed by atoms with Crippen LogP contribution in [0.5, 0.6) is 0 Å². The molecule has 86 valence electrons. The Hall–Kier alpha value is -0.870. The number of anilines is 1. The van der Waals surface area contributed by atoms with E-state index < -0.39 is 5.97 Å². The van der Waals surface area contributed by atoms with E-state index in [1.165, 1.54) is 0 Å². The molecule has 2 rings (SSSR count). The van der Waals surface area contributed by atoms with Crippen LogP contribution in [-0.2, 0) is 4.79 Å². The fraction of sp³-hybridized carbons (Fsp3) is 0.364. The number of carbonyl (C=O) groups is 1. The smallest absolute Gasteiger partial charge is 0.303 e. The van der Waals surface area contributed by atoms with Crippen LogP contribution < -0.4 is 5.32 Å². The monoisotopic (exact) mass is 257 g/mol. The highest BCUT2D eigenvalue weighted by Gasteiger charge is 2.20. The van der Waals surface area contributed by atoms with Crippen LogP contribution in [0.15, 0.2) is 23.1 Å². The average Bonchev–Trinajstić information content (AvgIpc) is 2.27. The number of thioether (sulfide) groups is 1. The lowest BCUT2D eigenvalue weighted by atomic mass is 10.1. The number of benzene rings is 1. The summed E-state index contributed by atoms with van der Waals surface area (Å²) in [5.41, 5.74) is 0.941. The third kappa shape index (κ3) is 2.62. The third-order valence-electron chi connectivity index (χ3n) is 2.47. The molecule has 1 aromatic carbocycles. The first-order valence-corrected chi connectivity index (χ1v) is 6.43. The van der Waals surface area contributed by atoms with Gasteiger partial charge in [-0.1, -0.05) is 17.7 Å². The highest BCUT2D eigenvalue weighted by Crippen LogP contribution is 2.38. The van der Waals surface area contributed by atoms with Gasteiger partial charge in [0, 0.05) is 23.1 Å². The number of hydrogen-bond acceptors (Lipinski definition) is 3. The molecule has 0 bridgehead atoms. The normalized spacial score (nSPS) is 18.7. The fourth-order valence-corrected chi connectivity index (χ4v) is 3.06. The van der Waals surface area contributed by atoms with Gasteiger partial charge in [0.05, 0.1) is 10.7 Å². The SMILES string of the molecule is O=C(O)CCC1CSc2cccc(Cl)c2N1. The zero-order valence-electron chi connectivity index (χ0n) is 8.57. The second-order valence-corrected chi connectivity index (χ2v) is 5.17. The second-order valence-electron chi connectivity index (χ2n) is 3.70. The second kappa shape index (κ2) is 4.97. The summed E-state index contributed by atoms with van der Waals surface area (Å²) < 4.78 is 0. The van der Waals surface area contributed by atoms with E-state index in [-0.39, 0.29) is 12.5 Å². The van der Waals surface area contributed by atoms with Crippen molar-refractivity contribution in [3.63, 3.8) is 0 Å². The molecule has 1 aliphatic heterocycles. The number of carboxylic acid groups (broad SMARTS) is 1. The molecule has 1 aliphatic rings. The van der Waals surface area contributed by atoms with Gasteiger partial charge in [-0.2, -0.15) is 0 Å². The Bertz CT molecular complexity index is 411. The Morgan fingerprint density at radius 1 is 1.62 bits per heavy atom. The quantitative estimate of drug-likeness (QED) is 0.874. The lowest BCUT2D eigenvalue weighted by molar-refractivity contribution is -0.137. The first-order chi connectivity index (χ1) is 7.66. The minimum atomic E-state index is -0.753. The summed E-state index contributed by atoms with van der Waals surface area (Å²) >= 11 is 7.80. The topological polar surface area (TPSA) is 49.3 Å². The van der Waals surface area contributed by atoms with Crippen LogP contribution in [0, 0.1) is 0 Å². The molecule has 1 heterocycles. The molecule has 3 nitrogen and oxygen atoms in total. The molecule has 16 heavy (non-hydrogen) atoms. The number of para-hydroxylation sites is 1. The van der Waals surface area contributed by atoms with Crippen molar-refractivity contribution in [2.75, 3.05) is 11.1 Å². The van der Waals surface area contributed by atoms with E-state index in [1.54, 1.807) is 11.8 Å². The highest BCUT2D eigenvalue weighted by molar-refractivity contribution is 7.99. The standard InChI is InChI=1S/C11H12ClNO2S/c12-8-2-1-3-9-11(8)13-7(6-16-9)4-5-10(14)15/h1-3,7,13H,4-6H2,(H,14,15). The van der Waals surface area contributed by atoms with E-state index in [0.717, 1.165) is 16.3 Å². The van der Waals surface area contributed by atoms with Crippen LogP contribution in [0.1, 0.15) is 12.8 Å². The molecule has 0 radical (unpaired) electrons. The van der Waals surface area contributed by atoms with Crippen LogP contribution in [-0.4, -0.2) is 22.9 Å². The van der Waals surface area contributed by atoms with E-state index in [1.807, 2.05) is 18.2 Å². The molecule has 1 aromatic rings. The predicted molar refractivity (Wildman–Crippen MR) is 66.5 cm³/mol. The zero-order valence-corrected chi connectivity index (χ0v) is 10.1. The van der Waals surface area contributed by atoms with E-state index in [4.69, 9.17) is 16.7 Å². The number of aliphatic carboxylic acids is 1. The average molecular weight is 258 g/mol. The molecule has 0 fully saturated rings. The number of hydrogen-bond donors (Lipinski definition) is 2. The number of fused-ring (bicyclic) bond motifs is 1. The van der Waals surface area contributed by atoms with Gasteiger partial charge in [0.15, 0.2) is 0 Å². The van der Waals surface area contributed by atoms with Crippen molar-refractivity contribution >= 4 is 35.0 Å². The molecule has 0 spiro atoms. The van der Waals surface area contributed by atoms with Crippen molar-refractivity contribution in [2.45, 2.75) is 23.8 Å². The zero-order chi connectivity index (χ0) is 11.5. The van der Waals surface area contributed by atoms with Crippen molar-refractivity contribution in [2.24, 2.45) is 0 Å². The fourth-order valence-electron chi connectivity index (χ4n) is 1.65. The summed E-state index contributed by atoms with van der Waals surface area (Å²) in [7, 11) is 0. The predicted octanol–water partition coefficient (Wildman–Crippen LogP) is 3.09. The largest absolute Gasteiger partial charge is 0.481 e. The summed E-state index contributed by atoms with van der Waals surface area (Å²) in [6, 6.07) is 5.97. The van der Waals surface area contributed by atoms with Gasteiger partial charge >= 0.3 is 5.97 Å². The summed E-state index contributed by atoms with van der Waals surface area (Å²) in [5, 5.41) is 12.6. The van der Waals surface area contributed by atoms with Crippen molar-refractivity contribution in [1.29, 1.82) is 0 Å². The van der Waals surface area contributed by atoms with Crippen LogP contribution >= 0.6 is 23.4 Å². The third-order valence-corrected chi connectivity index (χ3v) is 4.01. The maximum Gasteiger partial charge on any atom is 0.303 e. The minimum Gasteiger partial charge on any atom is -0.481 e. The Morgan fingerprint density at radius 3 is 3.19 bits per heavy atom. The number of nitrogens with one attached hydrogen (secondary N) is 1. The van der Waals surface area contributed by atoms with Gasteiger partial charge in [0.25, 0.3) is 0 Å². The van der Waals surface area contributed by atoms with Crippen LogP contribution in [0.4, 0.5) is 5.69 Å². The van der Waals surface area contributed by atoms with Crippen molar-refractivity contribution in [3.8, 4) is 0 Å². The number of rotatable bonds is 3. The lowest BCUT2D eigenvalue weighted by Crippen LogP contribution is -2.26. The van der Waals surface area contributed by atoms with Gasteiger partial charge in [-0.05, 0) is 18.6 Å². The van der Waals surface area contributed by atoms with E-state index in [2.05, 4.69) is 5.32 Å². The van der Waals surface area contributed by atoms with E-state index >= 15 is 0 Å². The first-order valence-electron chi connectivity index (χ1n) is 5.06. The molecular formula is C11H12ClNO2S. The molecule has 5 heteroatoms.